The number of nitrogens with zero attached hydrogens (tertiary/aromatic N) is 1. The van der Waals surface area contributed by atoms with Crippen LogP contribution in [0.15, 0.2) is 24.3 Å². The van der Waals surface area contributed by atoms with E-state index in [1.54, 1.807) is 17.0 Å². The third-order valence-corrected chi connectivity index (χ3v) is 3.08. The Hall–Kier alpha value is -1.66. The van der Waals surface area contributed by atoms with Gasteiger partial charge in [0.2, 0.25) is 5.91 Å². The predicted octanol–water partition coefficient (Wildman–Crippen LogP) is 0.814. The van der Waals surface area contributed by atoms with E-state index < -0.39 is 0 Å². The highest BCUT2D eigenvalue weighted by Crippen LogP contribution is 2.12. The summed E-state index contributed by atoms with van der Waals surface area (Å²) in [4.78, 5) is 13.6. The van der Waals surface area contributed by atoms with Crippen LogP contribution in [0.3, 0.4) is 0 Å². The van der Waals surface area contributed by atoms with E-state index in [1.165, 1.54) is 12.1 Å². The molecule has 20 heavy (non-hydrogen) atoms. The number of carbonyl (C=O) groups is 1. The van der Waals surface area contributed by atoms with Gasteiger partial charge in [-0.1, -0.05) is 6.07 Å². The van der Waals surface area contributed by atoms with Crippen molar-refractivity contribution in [1.82, 2.24) is 4.90 Å². The maximum absolute atomic E-state index is 12.9. The Morgan fingerprint density at radius 2 is 2.40 bits per heavy atom. The van der Waals surface area contributed by atoms with Crippen LogP contribution in [-0.4, -0.2) is 54.9 Å². The summed E-state index contributed by atoms with van der Waals surface area (Å²) in [5, 5.41) is 9.02. The molecule has 1 atom stereocenters. The molecule has 1 aromatic carbocycles. The first-order valence-corrected chi connectivity index (χ1v) is 6.57. The maximum atomic E-state index is 12.9. The highest BCUT2D eigenvalue weighted by Gasteiger charge is 2.23. The average Bonchev–Trinajstić information content (AvgIpc) is 2.47. The van der Waals surface area contributed by atoms with E-state index in [1.807, 2.05) is 0 Å². The van der Waals surface area contributed by atoms with Gasteiger partial charge in [0, 0.05) is 19.2 Å². The monoisotopic (exact) mass is 283 g/mol. The molecule has 1 amide bonds. The van der Waals surface area contributed by atoms with E-state index in [0.29, 0.717) is 25.4 Å². The van der Waals surface area contributed by atoms with Crippen LogP contribution in [0.1, 0.15) is 6.42 Å². The zero-order valence-corrected chi connectivity index (χ0v) is 11.1. The number of halogens is 1. The molecule has 0 radical (unpaired) electrons. The number of carbonyl (C=O) groups excluding carboxylic acids is 1. The topological polar surface area (TPSA) is 59.0 Å². The fourth-order valence-electron chi connectivity index (χ4n) is 2.03. The summed E-state index contributed by atoms with van der Waals surface area (Å²) in [7, 11) is 0. The second-order valence-corrected chi connectivity index (χ2v) is 4.57. The Morgan fingerprint density at radius 3 is 3.15 bits per heavy atom. The standard InChI is InChI=1S/C14H18FNO4/c15-11-2-1-3-12(8-11)19-6-4-14(18)16-5-7-20-13(9-16)10-17/h1-3,8,13,17H,4-7,9-10H2. The lowest BCUT2D eigenvalue weighted by molar-refractivity contribution is -0.140. The minimum Gasteiger partial charge on any atom is -0.493 e. The molecule has 110 valence electrons. The predicted molar refractivity (Wildman–Crippen MR) is 69.9 cm³/mol. The molecule has 5 nitrogen and oxygen atoms in total. The summed E-state index contributed by atoms with van der Waals surface area (Å²) >= 11 is 0. The van der Waals surface area contributed by atoms with Gasteiger partial charge in [0.15, 0.2) is 0 Å². The van der Waals surface area contributed by atoms with Gasteiger partial charge in [0.1, 0.15) is 11.6 Å². The molecule has 1 heterocycles. The van der Waals surface area contributed by atoms with Gasteiger partial charge in [-0.25, -0.2) is 4.39 Å². The summed E-state index contributed by atoms with van der Waals surface area (Å²) in [6, 6.07) is 5.81. The Labute approximate surface area is 116 Å². The number of aliphatic hydroxyl groups is 1. The van der Waals surface area contributed by atoms with Crippen molar-refractivity contribution < 1.29 is 23.8 Å². The van der Waals surface area contributed by atoms with Crippen LogP contribution in [0.2, 0.25) is 0 Å². The van der Waals surface area contributed by atoms with Crippen LogP contribution < -0.4 is 4.74 Å². The van der Waals surface area contributed by atoms with Gasteiger partial charge in [-0.05, 0) is 12.1 Å². The van der Waals surface area contributed by atoms with Gasteiger partial charge in [-0.2, -0.15) is 0 Å². The van der Waals surface area contributed by atoms with Crippen LogP contribution in [0.5, 0.6) is 5.75 Å². The highest BCUT2D eigenvalue weighted by molar-refractivity contribution is 5.76. The Kier molecular flexibility index (Phi) is 5.31. The summed E-state index contributed by atoms with van der Waals surface area (Å²) in [5.74, 6) is -0.0102. The molecule has 1 unspecified atom stereocenters. The molecule has 6 heteroatoms. The molecule has 1 N–H and O–H groups in total. The minimum absolute atomic E-state index is 0.0526. The number of hydrogen-bond donors (Lipinski definition) is 1. The summed E-state index contributed by atoms with van der Waals surface area (Å²) < 4.78 is 23.5. The lowest BCUT2D eigenvalue weighted by atomic mass is 10.2. The lowest BCUT2D eigenvalue weighted by Crippen LogP contribution is -2.47. The molecule has 1 aliphatic rings. The van der Waals surface area contributed by atoms with Gasteiger partial charge in [0.05, 0.1) is 32.3 Å². The van der Waals surface area contributed by atoms with Crippen molar-refractivity contribution in [1.29, 1.82) is 0 Å². The van der Waals surface area contributed by atoms with Crippen LogP contribution in [0.4, 0.5) is 4.39 Å². The zero-order chi connectivity index (χ0) is 14.4. The quantitative estimate of drug-likeness (QED) is 0.869. The van der Waals surface area contributed by atoms with E-state index in [2.05, 4.69) is 0 Å². The first-order valence-electron chi connectivity index (χ1n) is 6.57. The normalized spacial score (nSPS) is 18.9. The van der Waals surface area contributed by atoms with Crippen LogP contribution >= 0.6 is 0 Å². The summed E-state index contributed by atoms with van der Waals surface area (Å²) in [6.07, 6.45) is -0.0916. The van der Waals surface area contributed by atoms with Gasteiger partial charge in [-0.15, -0.1) is 0 Å². The van der Waals surface area contributed by atoms with E-state index in [0.717, 1.165) is 0 Å². The maximum Gasteiger partial charge on any atom is 0.226 e. The molecule has 0 aliphatic carbocycles. The number of morpholine rings is 1. The van der Waals surface area contributed by atoms with E-state index in [4.69, 9.17) is 14.6 Å². The van der Waals surface area contributed by atoms with Crippen molar-refractivity contribution in [2.24, 2.45) is 0 Å². The fraction of sp³-hybridized carbons (Fsp3) is 0.500. The molecule has 0 spiro atoms. The van der Waals surface area contributed by atoms with Crippen LogP contribution in [0, 0.1) is 5.82 Å². The second-order valence-electron chi connectivity index (χ2n) is 4.57. The third kappa shape index (κ3) is 4.18. The van der Waals surface area contributed by atoms with E-state index in [9.17, 15) is 9.18 Å². The van der Waals surface area contributed by atoms with Gasteiger partial charge >= 0.3 is 0 Å². The molecule has 0 aromatic heterocycles. The van der Waals surface area contributed by atoms with Crippen molar-refractivity contribution in [3.63, 3.8) is 0 Å². The molecule has 1 aliphatic heterocycles. The Balaban J connectivity index is 1.75. The van der Waals surface area contributed by atoms with Crippen molar-refractivity contribution in [2.45, 2.75) is 12.5 Å². The lowest BCUT2D eigenvalue weighted by Gasteiger charge is -2.32. The smallest absolute Gasteiger partial charge is 0.226 e. The van der Waals surface area contributed by atoms with Gasteiger partial charge in [0.25, 0.3) is 0 Å². The van der Waals surface area contributed by atoms with Crippen molar-refractivity contribution in [2.75, 3.05) is 32.9 Å². The highest BCUT2D eigenvalue weighted by atomic mass is 19.1. The number of ether oxygens (including phenoxy) is 2. The average molecular weight is 283 g/mol. The number of amides is 1. The molecular weight excluding hydrogens is 265 g/mol. The number of benzene rings is 1. The Morgan fingerprint density at radius 1 is 1.55 bits per heavy atom. The summed E-state index contributed by atoms with van der Waals surface area (Å²) in [6.45, 7) is 1.46. The van der Waals surface area contributed by atoms with Crippen molar-refractivity contribution >= 4 is 5.91 Å². The van der Waals surface area contributed by atoms with Gasteiger partial charge < -0.3 is 19.5 Å². The van der Waals surface area contributed by atoms with E-state index in [-0.39, 0.29) is 37.5 Å². The third-order valence-electron chi connectivity index (χ3n) is 3.08. The zero-order valence-electron chi connectivity index (χ0n) is 11.1. The molecular formula is C14H18FNO4. The first kappa shape index (κ1) is 14.7. The number of aliphatic hydroxyl groups excluding tert-OH is 1. The molecule has 1 aromatic rings. The fourth-order valence-corrected chi connectivity index (χ4v) is 2.03. The molecule has 2 rings (SSSR count). The molecule has 1 fully saturated rings. The molecule has 0 saturated carbocycles. The SMILES string of the molecule is O=C(CCOc1cccc(F)c1)N1CCOC(CO)C1. The molecule has 1 saturated heterocycles. The number of hydrogen-bond acceptors (Lipinski definition) is 4. The van der Waals surface area contributed by atoms with Crippen LogP contribution in [0.25, 0.3) is 0 Å². The van der Waals surface area contributed by atoms with Crippen LogP contribution in [-0.2, 0) is 9.53 Å². The van der Waals surface area contributed by atoms with Crippen molar-refractivity contribution in [3.8, 4) is 5.75 Å². The van der Waals surface area contributed by atoms with E-state index >= 15 is 0 Å². The largest absolute Gasteiger partial charge is 0.493 e. The molecule has 0 bridgehead atoms. The second kappa shape index (κ2) is 7.21. The minimum atomic E-state index is -0.368. The summed E-state index contributed by atoms with van der Waals surface area (Å²) in [5.41, 5.74) is 0. The first-order chi connectivity index (χ1) is 9.69. The van der Waals surface area contributed by atoms with Gasteiger partial charge in [-0.3, -0.25) is 4.79 Å². The number of rotatable bonds is 5. The van der Waals surface area contributed by atoms with Crippen molar-refractivity contribution in [3.05, 3.63) is 30.1 Å². The Bertz CT molecular complexity index is 455.